The van der Waals surface area contributed by atoms with Crippen LogP contribution in [0.4, 0.5) is 10.2 Å². The summed E-state index contributed by atoms with van der Waals surface area (Å²) < 4.78 is 18.9. The van der Waals surface area contributed by atoms with E-state index >= 15 is 0 Å². The lowest BCUT2D eigenvalue weighted by Crippen LogP contribution is -2.41. The average Bonchev–Trinajstić information content (AvgIpc) is 3.25. The predicted octanol–water partition coefficient (Wildman–Crippen LogP) is 1.78. The van der Waals surface area contributed by atoms with Gasteiger partial charge in [0, 0.05) is 30.4 Å². The van der Waals surface area contributed by atoms with Crippen molar-refractivity contribution in [1.82, 2.24) is 15.0 Å². The highest BCUT2D eigenvalue weighted by Crippen LogP contribution is 2.57. The first-order valence-electron chi connectivity index (χ1n) is 8.18. The maximum Gasteiger partial charge on any atom is 0.238 e. The largest absolute Gasteiger partial charge is 0.366 e. The molecule has 1 amide bonds. The van der Waals surface area contributed by atoms with Gasteiger partial charge in [-0.15, -0.1) is 0 Å². The van der Waals surface area contributed by atoms with Crippen LogP contribution in [0.1, 0.15) is 35.8 Å². The summed E-state index contributed by atoms with van der Waals surface area (Å²) in [6.45, 7) is 0.426. The normalized spacial score (nSPS) is 28.8. The first-order chi connectivity index (χ1) is 12.1. The number of hydrogen-bond donors (Lipinski definition) is 1. The second-order valence-corrected chi connectivity index (χ2v) is 6.99. The molecule has 3 aliphatic rings. The Morgan fingerprint density at radius 2 is 2.40 bits per heavy atom. The fourth-order valence-corrected chi connectivity index (χ4v) is 4.66. The highest BCUT2D eigenvalue weighted by atomic mass is 19.1. The number of fused-ring (bicyclic) bond motifs is 3. The van der Waals surface area contributed by atoms with Crippen molar-refractivity contribution in [1.29, 1.82) is 5.26 Å². The molecule has 0 saturated carbocycles. The molecule has 5 rings (SSSR count). The van der Waals surface area contributed by atoms with Crippen molar-refractivity contribution >= 4 is 11.7 Å². The van der Waals surface area contributed by atoms with Gasteiger partial charge in [0.25, 0.3) is 0 Å². The number of aromatic nitrogens is 2. The fraction of sp³-hybridized carbons (Fsp3) is 0.412. The fourth-order valence-electron chi connectivity index (χ4n) is 4.66. The Balaban J connectivity index is 1.44. The topological polar surface area (TPSA) is 95.1 Å². The Bertz CT molecular complexity index is 935. The summed E-state index contributed by atoms with van der Waals surface area (Å²) in [5.74, 6) is 0.269. The summed E-state index contributed by atoms with van der Waals surface area (Å²) in [6.07, 6.45) is 3.32. The van der Waals surface area contributed by atoms with E-state index in [1.165, 1.54) is 12.3 Å². The number of piperidine rings is 1. The summed E-state index contributed by atoms with van der Waals surface area (Å²) in [5, 5.41) is 15.7. The number of nitriles is 1. The number of carbonyl (C=O) groups is 1. The maximum absolute atomic E-state index is 14.0. The zero-order valence-corrected chi connectivity index (χ0v) is 13.2. The third-order valence-electron chi connectivity index (χ3n) is 5.69. The molecule has 1 unspecified atom stereocenters. The molecule has 5 heterocycles. The molecule has 25 heavy (non-hydrogen) atoms. The Labute approximate surface area is 142 Å². The van der Waals surface area contributed by atoms with Crippen LogP contribution in [0.25, 0.3) is 0 Å². The lowest BCUT2D eigenvalue weighted by Gasteiger charge is -2.40. The van der Waals surface area contributed by atoms with Gasteiger partial charge in [-0.25, -0.2) is 4.98 Å². The molecule has 0 aromatic carbocycles. The summed E-state index contributed by atoms with van der Waals surface area (Å²) in [5.41, 5.74) is 1.02. The number of anilines is 1. The summed E-state index contributed by atoms with van der Waals surface area (Å²) in [4.78, 5) is 18.6. The Morgan fingerprint density at radius 1 is 1.52 bits per heavy atom. The number of pyridine rings is 1. The van der Waals surface area contributed by atoms with Crippen molar-refractivity contribution in [3.05, 3.63) is 41.2 Å². The number of nitrogens with one attached hydrogen (secondary N) is 1. The molecule has 2 aromatic rings. The Kier molecular flexibility index (Phi) is 2.76. The van der Waals surface area contributed by atoms with Crippen molar-refractivity contribution in [2.24, 2.45) is 5.41 Å². The van der Waals surface area contributed by atoms with Crippen molar-refractivity contribution in [3.63, 3.8) is 0 Å². The minimum Gasteiger partial charge on any atom is -0.366 e. The van der Waals surface area contributed by atoms with Gasteiger partial charge in [0.2, 0.25) is 17.6 Å². The molecule has 7 nitrogen and oxygen atoms in total. The molecule has 2 saturated heterocycles. The SMILES string of the molecule is N#Cc1cc(NCC23C[C@H]4Cc5c(ccnc5F)[C@@H](C2)N4C3=O)no1. The summed E-state index contributed by atoms with van der Waals surface area (Å²) >= 11 is 0. The van der Waals surface area contributed by atoms with E-state index in [4.69, 9.17) is 9.78 Å². The maximum atomic E-state index is 14.0. The summed E-state index contributed by atoms with van der Waals surface area (Å²) in [6, 6.07) is 5.15. The van der Waals surface area contributed by atoms with E-state index in [2.05, 4.69) is 15.5 Å². The van der Waals surface area contributed by atoms with Crippen LogP contribution in [0, 0.1) is 22.7 Å². The molecule has 3 atom stereocenters. The number of nitrogens with zero attached hydrogens (tertiary/aromatic N) is 4. The van der Waals surface area contributed by atoms with Crippen LogP contribution >= 0.6 is 0 Å². The second kappa shape index (κ2) is 4.79. The summed E-state index contributed by atoms with van der Waals surface area (Å²) in [7, 11) is 0. The molecule has 2 bridgehead atoms. The molecular formula is C17H14FN5O2. The van der Waals surface area contributed by atoms with E-state index in [0.717, 1.165) is 5.56 Å². The van der Waals surface area contributed by atoms with Crippen LogP contribution in [0.3, 0.4) is 0 Å². The number of hydrogen-bond acceptors (Lipinski definition) is 6. The van der Waals surface area contributed by atoms with E-state index < -0.39 is 11.4 Å². The van der Waals surface area contributed by atoms with E-state index in [9.17, 15) is 9.18 Å². The molecule has 1 N–H and O–H groups in total. The van der Waals surface area contributed by atoms with Crippen molar-refractivity contribution < 1.29 is 13.7 Å². The molecule has 2 aromatic heterocycles. The molecule has 8 heteroatoms. The third-order valence-corrected chi connectivity index (χ3v) is 5.69. The van der Waals surface area contributed by atoms with E-state index in [1.807, 2.05) is 17.0 Å². The minimum atomic E-state index is -0.515. The zero-order valence-electron chi connectivity index (χ0n) is 13.2. The number of amides is 1. The highest BCUT2D eigenvalue weighted by molar-refractivity contribution is 5.89. The van der Waals surface area contributed by atoms with Crippen molar-refractivity contribution in [3.8, 4) is 6.07 Å². The van der Waals surface area contributed by atoms with Crippen molar-refractivity contribution in [2.45, 2.75) is 31.3 Å². The Morgan fingerprint density at radius 3 is 3.20 bits per heavy atom. The molecule has 2 fully saturated rings. The van der Waals surface area contributed by atoms with E-state index in [1.54, 1.807) is 0 Å². The van der Waals surface area contributed by atoms with Crippen molar-refractivity contribution in [2.75, 3.05) is 11.9 Å². The molecule has 0 aliphatic carbocycles. The zero-order chi connectivity index (χ0) is 17.2. The predicted molar refractivity (Wildman–Crippen MR) is 82.6 cm³/mol. The van der Waals surface area contributed by atoms with Crippen LogP contribution in [-0.4, -0.2) is 33.5 Å². The van der Waals surface area contributed by atoms with Gasteiger partial charge in [0.15, 0.2) is 5.82 Å². The van der Waals surface area contributed by atoms with Crippen LogP contribution in [0.2, 0.25) is 0 Å². The number of rotatable bonds is 3. The number of carbonyl (C=O) groups excluding carboxylic acids is 1. The smallest absolute Gasteiger partial charge is 0.238 e. The standard InChI is InChI=1S/C17H14FN5O2/c18-15-12-3-9-5-17(8-21-14-4-10(7-19)25-22-14)6-13(23(9)16(17)24)11(12)1-2-20-15/h1-2,4,9,13H,3,5-6,8H2,(H,21,22)/t9-,13-,17?/m1/s1. The lowest BCUT2D eigenvalue weighted by atomic mass is 9.73. The highest BCUT2D eigenvalue weighted by Gasteiger charge is 2.62. The van der Waals surface area contributed by atoms with Gasteiger partial charge >= 0.3 is 0 Å². The first-order valence-corrected chi connectivity index (χ1v) is 8.18. The van der Waals surface area contributed by atoms with Crippen LogP contribution in [-0.2, 0) is 11.2 Å². The Hall–Kier alpha value is -2.95. The van der Waals surface area contributed by atoms with E-state index in [0.29, 0.717) is 37.2 Å². The second-order valence-electron chi connectivity index (χ2n) is 6.99. The minimum absolute atomic E-state index is 0.0197. The first kappa shape index (κ1) is 14.4. The monoisotopic (exact) mass is 339 g/mol. The van der Waals surface area contributed by atoms with E-state index in [-0.39, 0.29) is 23.8 Å². The molecule has 0 spiro atoms. The number of halogens is 1. The quantitative estimate of drug-likeness (QED) is 0.857. The van der Waals surface area contributed by atoms with Gasteiger partial charge in [-0.1, -0.05) is 5.16 Å². The third kappa shape index (κ3) is 1.86. The molecule has 126 valence electrons. The van der Waals surface area contributed by atoms with Crippen LogP contribution < -0.4 is 5.32 Å². The van der Waals surface area contributed by atoms with Crippen LogP contribution in [0.15, 0.2) is 22.9 Å². The lowest BCUT2D eigenvalue weighted by molar-refractivity contribution is -0.132. The van der Waals surface area contributed by atoms with Gasteiger partial charge in [-0.2, -0.15) is 9.65 Å². The van der Waals surface area contributed by atoms with Gasteiger partial charge in [-0.3, -0.25) is 4.79 Å². The molecule has 0 radical (unpaired) electrons. The average molecular weight is 339 g/mol. The van der Waals surface area contributed by atoms with Crippen LogP contribution in [0.5, 0.6) is 0 Å². The van der Waals surface area contributed by atoms with Gasteiger partial charge in [0.05, 0.1) is 11.5 Å². The van der Waals surface area contributed by atoms with Gasteiger partial charge in [-0.05, 0) is 30.9 Å². The molecular weight excluding hydrogens is 325 g/mol. The molecule has 3 aliphatic heterocycles. The van der Waals surface area contributed by atoms with Gasteiger partial charge in [0.1, 0.15) is 6.07 Å². The van der Waals surface area contributed by atoms with Gasteiger partial charge < -0.3 is 14.7 Å².